The van der Waals surface area contributed by atoms with Crippen molar-refractivity contribution in [3.63, 3.8) is 0 Å². The van der Waals surface area contributed by atoms with Crippen LogP contribution in [0.2, 0.25) is 0 Å². The first kappa shape index (κ1) is 19.3. The fourth-order valence-corrected chi connectivity index (χ4v) is 4.39. The summed E-state index contributed by atoms with van der Waals surface area (Å²) in [6.07, 6.45) is 1.64. The van der Waals surface area contributed by atoms with Gasteiger partial charge in [-0.1, -0.05) is 19.9 Å². The first-order valence-electron chi connectivity index (χ1n) is 8.27. The molecule has 0 aliphatic heterocycles. The molecule has 0 saturated heterocycles. The Kier molecular flexibility index (Phi) is 6.13. The van der Waals surface area contributed by atoms with Crippen LogP contribution in [-0.2, 0) is 19.6 Å². The quantitative estimate of drug-likeness (QED) is 0.706. The van der Waals surface area contributed by atoms with E-state index >= 15 is 0 Å². The summed E-state index contributed by atoms with van der Waals surface area (Å²) in [5.74, 6) is -0.486. The molecule has 0 N–H and O–H groups in total. The molecule has 0 unspecified atom stereocenters. The van der Waals surface area contributed by atoms with Crippen LogP contribution in [0.4, 0.5) is 0 Å². The van der Waals surface area contributed by atoms with E-state index in [1.807, 2.05) is 20.8 Å². The molecule has 0 amide bonds. The number of carbonyl (C=O) groups is 1. The fraction of sp³-hybridized carbons (Fsp3) is 0.444. The number of esters is 1. The lowest BCUT2D eigenvalue weighted by atomic mass is 10.1. The first-order chi connectivity index (χ1) is 11.8. The molecule has 0 radical (unpaired) electrons. The van der Waals surface area contributed by atoms with Crippen LogP contribution in [0.15, 0.2) is 35.4 Å². The van der Waals surface area contributed by atoms with Crippen molar-refractivity contribution in [3.8, 4) is 0 Å². The maximum atomic E-state index is 13.2. The summed E-state index contributed by atoms with van der Waals surface area (Å²) in [7, 11) is -3.86. The molecule has 0 atom stereocenters. The topological polar surface area (TPSA) is 76.6 Å². The smallest absolute Gasteiger partial charge is 0.321 e. The van der Waals surface area contributed by atoms with Gasteiger partial charge >= 0.3 is 5.97 Å². The van der Waals surface area contributed by atoms with E-state index in [-0.39, 0.29) is 30.5 Å². The number of fused-ring (bicyclic) bond motifs is 1. The highest BCUT2D eigenvalue weighted by molar-refractivity contribution is 7.89. The Bertz CT molecular complexity index is 863. The zero-order valence-electron chi connectivity index (χ0n) is 15.0. The average molecular weight is 364 g/mol. The van der Waals surface area contributed by atoms with Gasteiger partial charge in [-0.15, -0.1) is 0 Å². The van der Waals surface area contributed by atoms with Crippen molar-refractivity contribution in [2.75, 3.05) is 19.7 Å². The van der Waals surface area contributed by atoms with Crippen molar-refractivity contribution in [1.29, 1.82) is 0 Å². The molecule has 2 aromatic rings. The van der Waals surface area contributed by atoms with Gasteiger partial charge in [0, 0.05) is 18.1 Å². The van der Waals surface area contributed by atoms with Gasteiger partial charge in [-0.05, 0) is 43.5 Å². The Labute approximate surface area is 148 Å². The Hall–Kier alpha value is -1.99. The minimum Gasteiger partial charge on any atom is -0.465 e. The third-order valence-corrected chi connectivity index (χ3v) is 5.60. The minimum atomic E-state index is -3.86. The summed E-state index contributed by atoms with van der Waals surface area (Å²) in [4.78, 5) is 16.3. The number of nitrogens with zero attached hydrogens (tertiary/aromatic N) is 2. The van der Waals surface area contributed by atoms with E-state index < -0.39 is 16.0 Å². The summed E-state index contributed by atoms with van der Waals surface area (Å²) in [5.41, 5.74) is 1.54. The SMILES string of the molecule is CCOC(=O)CN(CC(C)C)S(=O)(=O)c1ccc(C)c2ncccc12. The highest BCUT2D eigenvalue weighted by Gasteiger charge is 2.29. The third kappa shape index (κ3) is 4.35. The summed E-state index contributed by atoms with van der Waals surface area (Å²) in [6.45, 7) is 7.53. The summed E-state index contributed by atoms with van der Waals surface area (Å²) >= 11 is 0. The molecule has 1 aromatic carbocycles. The van der Waals surface area contributed by atoms with Gasteiger partial charge in [0.05, 0.1) is 17.0 Å². The van der Waals surface area contributed by atoms with E-state index in [9.17, 15) is 13.2 Å². The van der Waals surface area contributed by atoms with Gasteiger partial charge in [-0.2, -0.15) is 4.31 Å². The second-order valence-electron chi connectivity index (χ2n) is 6.28. The van der Waals surface area contributed by atoms with E-state index in [2.05, 4.69) is 4.98 Å². The Balaban J connectivity index is 2.53. The van der Waals surface area contributed by atoms with Crippen molar-refractivity contribution >= 4 is 26.9 Å². The lowest BCUT2D eigenvalue weighted by Gasteiger charge is -2.24. The number of hydrogen-bond donors (Lipinski definition) is 0. The van der Waals surface area contributed by atoms with E-state index in [1.165, 1.54) is 4.31 Å². The van der Waals surface area contributed by atoms with Gasteiger partial charge in [0.25, 0.3) is 0 Å². The number of ether oxygens (including phenoxy) is 1. The summed E-state index contributed by atoms with van der Waals surface area (Å²) < 4.78 is 32.6. The number of hydrogen-bond acceptors (Lipinski definition) is 5. The monoisotopic (exact) mass is 364 g/mol. The van der Waals surface area contributed by atoms with Crippen LogP contribution in [-0.4, -0.2) is 43.4 Å². The number of aryl methyl sites for hydroxylation is 1. The van der Waals surface area contributed by atoms with Gasteiger partial charge in [-0.25, -0.2) is 8.42 Å². The molecule has 136 valence electrons. The fourth-order valence-electron chi connectivity index (χ4n) is 2.66. The van der Waals surface area contributed by atoms with Crippen LogP contribution in [0.5, 0.6) is 0 Å². The van der Waals surface area contributed by atoms with E-state index in [4.69, 9.17) is 4.74 Å². The van der Waals surface area contributed by atoms with Crippen LogP contribution < -0.4 is 0 Å². The molecule has 1 aromatic heterocycles. The third-order valence-electron chi connectivity index (χ3n) is 3.73. The van der Waals surface area contributed by atoms with E-state index in [1.54, 1.807) is 37.4 Å². The molecule has 6 nitrogen and oxygen atoms in total. The molecular formula is C18H24N2O4S. The molecule has 0 saturated carbocycles. The molecule has 7 heteroatoms. The molecule has 0 aliphatic rings. The van der Waals surface area contributed by atoms with Crippen LogP contribution in [0.25, 0.3) is 10.9 Å². The zero-order chi connectivity index (χ0) is 18.6. The van der Waals surface area contributed by atoms with Gasteiger partial charge in [-0.3, -0.25) is 9.78 Å². The molecule has 2 rings (SSSR count). The van der Waals surface area contributed by atoms with Crippen LogP contribution >= 0.6 is 0 Å². The Morgan fingerprint density at radius 1 is 1.28 bits per heavy atom. The summed E-state index contributed by atoms with van der Waals surface area (Å²) in [6, 6.07) is 6.76. The van der Waals surface area contributed by atoms with Crippen molar-refractivity contribution < 1.29 is 17.9 Å². The lowest BCUT2D eigenvalue weighted by molar-refractivity contribution is -0.143. The zero-order valence-corrected chi connectivity index (χ0v) is 15.8. The van der Waals surface area contributed by atoms with Gasteiger partial charge in [0.1, 0.15) is 6.54 Å². The van der Waals surface area contributed by atoms with Crippen LogP contribution in [0.1, 0.15) is 26.3 Å². The highest BCUT2D eigenvalue weighted by Crippen LogP contribution is 2.27. The molecule has 0 fully saturated rings. The number of sulfonamides is 1. The van der Waals surface area contributed by atoms with Crippen LogP contribution in [0, 0.1) is 12.8 Å². The van der Waals surface area contributed by atoms with Crippen molar-refractivity contribution in [3.05, 3.63) is 36.0 Å². The van der Waals surface area contributed by atoms with Gasteiger partial charge in [0.15, 0.2) is 0 Å². The molecule has 0 bridgehead atoms. The van der Waals surface area contributed by atoms with Gasteiger partial charge < -0.3 is 4.74 Å². The van der Waals surface area contributed by atoms with Crippen molar-refractivity contribution in [1.82, 2.24) is 9.29 Å². The predicted molar refractivity (Wildman–Crippen MR) is 96.7 cm³/mol. The largest absolute Gasteiger partial charge is 0.465 e. The maximum Gasteiger partial charge on any atom is 0.321 e. The number of carbonyl (C=O) groups excluding carboxylic acids is 1. The molecule has 0 aliphatic carbocycles. The number of benzene rings is 1. The lowest BCUT2D eigenvalue weighted by Crippen LogP contribution is -2.39. The van der Waals surface area contributed by atoms with Crippen molar-refractivity contribution in [2.45, 2.75) is 32.6 Å². The first-order valence-corrected chi connectivity index (χ1v) is 9.71. The van der Waals surface area contributed by atoms with Crippen LogP contribution in [0.3, 0.4) is 0 Å². The van der Waals surface area contributed by atoms with Gasteiger partial charge in [0.2, 0.25) is 10.0 Å². The second-order valence-corrected chi connectivity index (χ2v) is 8.18. The van der Waals surface area contributed by atoms with E-state index in [0.29, 0.717) is 10.9 Å². The second kappa shape index (κ2) is 7.93. The summed E-state index contributed by atoms with van der Waals surface area (Å²) in [5, 5.41) is 0.556. The average Bonchev–Trinajstić information content (AvgIpc) is 2.54. The molecular weight excluding hydrogens is 340 g/mol. The number of rotatable bonds is 7. The van der Waals surface area contributed by atoms with Crippen molar-refractivity contribution in [2.24, 2.45) is 5.92 Å². The minimum absolute atomic E-state index is 0.0686. The molecule has 25 heavy (non-hydrogen) atoms. The van der Waals surface area contributed by atoms with E-state index in [0.717, 1.165) is 5.56 Å². The standard InChI is InChI=1S/C18H24N2O4S/c1-5-24-17(21)12-20(11-13(2)3)25(22,23)16-9-8-14(4)18-15(16)7-6-10-19-18/h6-10,13H,5,11-12H2,1-4H3. The normalized spacial score (nSPS) is 12.1. The number of pyridine rings is 1. The maximum absolute atomic E-state index is 13.2. The predicted octanol–water partition coefficient (Wildman–Crippen LogP) is 2.75. The Morgan fingerprint density at radius 2 is 2.00 bits per heavy atom. The molecule has 0 spiro atoms. The Morgan fingerprint density at radius 3 is 2.64 bits per heavy atom. The highest BCUT2D eigenvalue weighted by atomic mass is 32.2. The number of aromatic nitrogens is 1. The molecule has 1 heterocycles.